The van der Waals surface area contributed by atoms with E-state index in [1.807, 2.05) is 5.01 Å². The first-order valence-corrected chi connectivity index (χ1v) is 5.63. The summed E-state index contributed by atoms with van der Waals surface area (Å²) in [5.41, 5.74) is 2.65. The third kappa shape index (κ3) is 2.71. The number of nitro benzene ring substituents is 1. The summed E-state index contributed by atoms with van der Waals surface area (Å²) in [6.45, 7) is 1.65. The molecule has 17 heavy (non-hydrogen) atoms. The summed E-state index contributed by atoms with van der Waals surface area (Å²) in [4.78, 5) is 10.1. The molecule has 1 aliphatic rings. The van der Waals surface area contributed by atoms with Gasteiger partial charge >= 0.3 is 5.69 Å². The fourth-order valence-corrected chi connectivity index (χ4v) is 1.97. The molecule has 6 heteroatoms. The Labute approximate surface area is 98.3 Å². The zero-order valence-corrected chi connectivity index (χ0v) is 9.36. The van der Waals surface area contributed by atoms with Gasteiger partial charge in [-0.3, -0.25) is 10.1 Å². The summed E-state index contributed by atoms with van der Waals surface area (Å²) >= 11 is 0. The number of nitrogens with one attached hydrogen (secondary N) is 1. The Hall–Kier alpha value is -1.69. The van der Waals surface area contributed by atoms with Gasteiger partial charge < -0.3 is 5.43 Å². The Morgan fingerprint density at radius 2 is 2.00 bits per heavy atom. The molecule has 0 saturated carbocycles. The lowest BCUT2D eigenvalue weighted by Gasteiger charge is -2.27. The fraction of sp³-hybridized carbons (Fsp3) is 0.455. The van der Waals surface area contributed by atoms with E-state index >= 15 is 0 Å². The van der Waals surface area contributed by atoms with E-state index in [4.69, 9.17) is 0 Å². The predicted octanol–water partition coefficient (Wildman–Crippen LogP) is 2.55. The standard InChI is InChI=1S/C11H14FN3O2/c12-9-5-4-6-10(11(9)15(16)17)13-14-7-2-1-3-8-14/h4-6,13H,1-3,7-8H2. The second-order valence-electron chi connectivity index (χ2n) is 4.05. The van der Waals surface area contributed by atoms with Crippen LogP contribution in [0.25, 0.3) is 0 Å². The van der Waals surface area contributed by atoms with Crippen molar-refractivity contribution in [2.45, 2.75) is 19.3 Å². The number of piperidine rings is 1. The van der Waals surface area contributed by atoms with Crippen molar-refractivity contribution in [3.8, 4) is 0 Å². The van der Waals surface area contributed by atoms with E-state index < -0.39 is 16.4 Å². The monoisotopic (exact) mass is 239 g/mol. The van der Waals surface area contributed by atoms with Crippen LogP contribution in [-0.4, -0.2) is 23.0 Å². The van der Waals surface area contributed by atoms with Crippen LogP contribution in [0.3, 0.4) is 0 Å². The highest BCUT2D eigenvalue weighted by Crippen LogP contribution is 2.28. The van der Waals surface area contributed by atoms with Crippen LogP contribution < -0.4 is 5.43 Å². The Morgan fingerprint density at radius 3 is 2.65 bits per heavy atom. The number of para-hydroxylation sites is 1. The minimum absolute atomic E-state index is 0.219. The van der Waals surface area contributed by atoms with Gasteiger partial charge in [-0.15, -0.1) is 0 Å². The minimum Gasteiger partial charge on any atom is -0.313 e. The summed E-state index contributed by atoms with van der Waals surface area (Å²) in [5, 5.41) is 12.7. The van der Waals surface area contributed by atoms with Gasteiger partial charge in [-0.25, -0.2) is 5.01 Å². The van der Waals surface area contributed by atoms with Gasteiger partial charge in [0.1, 0.15) is 5.69 Å². The summed E-state index contributed by atoms with van der Waals surface area (Å²) in [6.07, 6.45) is 3.27. The van der Waals surface area contributed by atoms with Gasteiger partial charge in [0.15, 0.2) is 0 Å². The van der Waals surface area contributed by atoms with Crippen LogP contribution in [0.15, 0.2) is 18.2 Å². The number of halogens is 1. The van der Waals surface area contributed by atoms with E-state index in [2.05, 4.69) is 5.43 Å². The molecule has 0 aromatic heterocycles. The molecular formula is C11H14FN3O2. The number of rotatable bonds is 3. The van der Waals surface area contributed by atoms with Crippen molar-refractivity contribution in [2.24, 2.45) is 0 Å². The Bertz CT molecular complexity index is 419. The van der Waals surface area contributed by atoms with Gasteiger partial charge in [-0.2, -0.15) is 4.39 Å². The number of nitrogens with zero attached hydrogens (tertiary/aromatic N) is 2. The number of benzene rings is 1. The summed E-state index contributed by atoms with van der Waals surface area (Å²) < 4.78 is 13.4. The molecule has 1 aromatic carbocycles. The van der Waals surface area contributed by atoms with Crippen molar-refractivity contribution < 1.29 is 9.31 Å². The number of anilines is 1. The highest BCUT2D eigenvalue weighted by Gasteiger charge is 2.21. The SMILES string of the molecule is O=[N+]([O-])c1c(F)cccc1NN1CCCCC1. The Kier molecular flexibility index (Phi) is 3.53. The van der Waals surface area contributed by atoms with Gasteiger partial charge in [-0.1, -0.05) is 12.5 Å². The average molecular weight is 239 g/mol. The summed E-state index contributed by atoms with van der Waals surface area (Å²) in [5.74, 6) is -0.808. The van der Waals surface area contributed by atoms with Crippen LogP contribution in [0, 0.1) is 15.9 Å². The molecule has 0 radical (unpaired) electrons. The lowest BCUT2D eigenvalue weighted by atomic mass is 10.2. The van der Waals surface area contributed by atoms with Gasteiger partial charge in [0, 0.05) is 13.1 Å². The van der Waals surface area contributed by atoms with E-state index in [9.17, 15) is 14.5 Å². The first kappa shape index (κ1) is 11.8. The van der Waals surface area contributed by atoms with Crippen molar-refractivity contribution in [1.82, 2.24) is 5.01 Å². The van der Waals surface area contributed by atoms with E-state index in [-0.39, 0.29) is 5.69 Å². The van der Waals surface area contributed by atoms with Gasteiger partial charge in [0.2, 0.25) is 5.82 Å². The fourth-order valence-electron chi connectivity index (χ4n) is 1.97. The third-order valence-corrected chi connectivity index (χ3v) is 2.80. The van der Waals surface area contributed by atoms with Crippen molar-refractivity contribution in [3.63, 3.8) is 0 Å². The molecule has 1 fully saturated rings. The van der Waals surface area contributed by atoms with E-state index in [1.165, 1.54) is 18.6 Å². The quantitative estimate of drug-likeness (QED) is 0.650. The summed E-state index contributed by atoms with van der Waals surface area (Å²) in [7, 11) is 0. The van der Waals surface area contributed by atoms with Crippen LogP contribution in [0.2, 0.25) is 0 Å². The molecule has 1 heterocycles. The van der Waals surface area contributed by atoms with Gasteiger partial charge in [0.05, 0.1) is 4.92 Å². The third-order valence-electron chi connectivity index (χ3n) is 2.80. The van der Waals surface area contributed by atoms with Crippen molar-refractivity contribution in [2.75, 3.05) is 18.5 Å². The molecule has 1 aliphatic heterocycles. The largest absolute Gasteiger partial charge is 0.328 e. The molecule has 0 amide bonds. The Balaban J connectivity index is 2.19. The molecule has 1 saturated heterocycles. The predicted molar refractivity (Wildman–Crippen MR) is 62.1 cm³/mol. The number of hydrogen-bond acceptors (Lipinski definition) is 4. The van der Waals surface area contributed by atoms with Crippen molar-refractivity contribution >= 4 is 11.4 Å². The molecule has 0 atom stereocenters. The molecule has 2 rings (SSSR count). The smallest absolute Gasteiger partial charge is 0.313 e. The highest BCUT2D eigenvalue weighted by molar-refractivity contribution is 5.61. The second-order valence-corrected chi connectivity index (χ2v) is 4.05. The molecule has 92 valence electrons. The maximum absolute atomic E-state index is 13.4. The first-order valence-electron chi connectivity index (χ1n) is 5.63. The lowest BCUT2D eigenvalue weighted by molar-refractivity contribution is -0.386. The summed E-state index contributed by atoms with van der Waals surface area (Å²) in [6, 6.07) is 4.09. The molecule has 5 nitrogen and oxygen atoms in total. The van der Waals surface area contributed by atoms with Crippen LogP contribution in [-0.2, 0) is 0 Å². The molecule has 0 unspecified atom stereocenters. The molecule has 1 aromatic rings. The Morgan fingerprint density at radius 1 is 1.29 bits per heavy atom. The molecule has 0 spiro atoms. The second kappa shape index (κ2) is 5.09. The van der Waals surface area contributed by atoms with Crippen molar-refractivity contribution in [1.29, 1.82) is 0 Å². The highest BCUT2D eigenvalue weighted by atomic mass is 19.1. The molecule has 0 bridgehead atoms. The average Bonchev–Trinajstić information content (AvgIpc) is 2.30. The van der Waals surface area contributed by atoms with Crippen molar-refractivity contribution in [3.05, 3.63) is 34.1 Å². The normalized spacial score (nSPS) is 16.8. The number of hydrazine groups is 1. The van der Waals surface area contributed by atoms with Crippen LogP contribution in [0.1, 0.15) is 19.3 Å². The lowest BCUT2D eigenvalue weighted by Crippen LogP contribution is -2.35. The minimum atomic E-state index is -0.808. The van der Waals surface area contributed by atoms with E-state index in [0.29, 0.717) is 0 Å². The zero-order chi connectivity index (χ0) is 12.3. The van der Waals surface area contributed by atoms with E-state index in [1.54, 1.807) is 0 Å². The van der Waals surface area contributed by atoms with Crippen LogP contribution >= 0.6 is 0 Å². The molecule has 1 N–H and O–H groups in total. The molecule has 0 aliphatic carbocycles. The van der Waals surface area contributed by atoms with Crippen LogP contribution in [0.4, 0.5) is 15.8 Å². The maximum atomic E-state index is 13.4. The topological polar surface area (TPSA) is 58.4 Å². The van der Waals surface area contributed by atoms with E-state index in [0.717, 1.165) is 32.0 Å². The zero-order valence-electron chi connectivity index (χ0n) is 9.36. The maximum Gasteiger partial charge on any atom is 0.328 e. The molecular weight excluding hydrogens is 225 g/mol. The first-order chi connectivity index (χ1) is 8.18. The van der Waals surface area contributed by atoms with Gasteiger partial charge in [0.25, 0.3) is 0 Å². The van der Waals surface area contributed by atoms with Crippen LogP contribution in [0.5, 0.6) is 0 Å². The number of nitro groups is 1. The van der Waals surface area contributed by atoms with Gasteiger partial charge in [-0.05, 0) is 25.0 Å². The number of hydrogen-bond donors (Lipinski definition) is 1.